The van der Waals surface area contributed by atoms with Crippen molar-refractivity contribution < 1.29 is 9.72 Å². The van der Waals surface area contributed by atoms with Crippen LogP contribution in [-0.2, 0) is 4.79 Å². The molecule has 106 valence electrons. The van der Waals surface area contributed by atoms with Gasteiger partial charge in [-0.3, -0.25) is 14.9 Å². The molecule has 0 radical (unpaired) electrons. The largest absolute Gasteiger partial charge is 0.348 e. The molecule has 0 aromatic rings. The Morgan fingerprint density at radius 2 is 2.10 bits per heavy atom. The number of fused-ring (bicyclic) bond motifs is 1. The lowest BCUT2D eigenvalue weighted by molar-refractivity contribution is -0.419. The van der Waals surface area contributed by atoms with Gasteiger partial charge in [0.25, 0.3) is 5.70 Å². The van der Waals surface area contributed by atoms with Crippen molar-refractivity contribution in [2.75, 3.05) is 27.7 Å². The quantitative estimate of drug-likeness (QED) is 0.546. The number of carbonyl (C=O) groups is 1. The second-order valence-corrected chi connectivity index (χ2v) is 4.76. The Kier molecular flexibility index (Phi) is 3.64. The number of amides is 1. The normalized spacial score (nSPS) is 16.6. The summed E-state index contributed by atoms with van der Waals surface area (Å²) in [4.78, 5) is 25.2. The first-order valence-corrected chi connectivity index (χ1v) is 6.03. The first-order chi connectivity index (χ1) is 9.40. The molecular weight excluding hydrogens is 262 g/mol. The molecule has 0 fully saturated rings. The molecule has 8 heteroatoms. The molecule has 0 N–H and O–H groups in total. The molecule has 1 aliphatic carbocycles. The Hall–Kier alpha value is -2.51. The zero-order valence-electron chi connectivity index (χ0n) is 11.5. The summed E-state index contributed by atoms with van der Waals surface area (Å²) in [6, 6.07) is 0. The maximum atomic E-state index is 11.7. The first-order valence-electron chi connectivity index (χ1n) is 6.03. The molecule has 0 saturated carbocycles. The number of likely N-dealkylation sites (N-methyl/N-ethyl adjacent to an activating group) is 2. The van der Waals surface area contributed by atoms with Gasteiger partial charge in [-0.2, -0.15) is 5.10 Å². The maximum absolute atomic E-state index is 11.7. The van der Waals surface area contributed by atoms with Gasteiger partial charge in [0.15, 0.2) is 5.84 Å². The van der Waals surface area contributed by atoms with Gasteiger partial charge in [0.1, 0.15) is 0 Å². The molecular formula is C12H15N5O3. The number of hydrogen-bond acceptors (Lipinski definition) is 6. The summed E-state index contributed by atoms with van der Waals surface area (Å²) in [5, 5.41) is 18.9. The van der Waals surface area contributed by atoms with E-state index in [2.05, 4.69) is 10.2 Å². The molecule has 0 aromatic carbocycles. The van der Waals surface area contributed by atoms with Gasteiger partial charge in [0, 0.05) is 39.2 Å². The SMILES string of the molecule is CN(C)C(=O)CN(C)C1=NN=C2CC=C([N+](=O)[O-])C=C21. The number of amidine groups is 1. The van der Waals surface area contributed by atoms with Crippen LogP contribution in [0.4, 0.5) is 0 Å². The number of rotatable bonds is 3. The second kappa shape index (κ2) is 5.24. The van der Waals surface area contributed by atoms with Crippen molar-refractivity contribution in [1.82, 2.24) is 9.80 Å². The van der Waals surface area contributed by atoms with Crippen LogP contribution in [0.15, 0.2) is 33.6 Å². The van der Waals surface area contributed by atoms with Crippen molar-refractivity contribution in [1.29, 1.82) is 0 Å². The summed E-state index contributed by atoms with van der Waals surface area (Å²) in [6.07, 6.45) is 3.33. The lowest BCUT2D eigenvalue weighted by Gasteiger charge is -2.21. The van der Waals surface area contributed by atoms with E-state index in [1.54, 1.807) is 26.0 Å². The molecule has 0 aromatic heterocycles. The zero-order valence-corrected chi connectivity index (χ0v) is 11.5. The smallest absolute Gasteiger partial charge is 0.266 e. The standard InChI is InChI=1S/C12H15N5O3/c1-15(2)11(18)7-16(3)12-9-6-8(17(19)20)4-5-10(9)13-14-12/h4,6H,5,7H2,1-3H3. The molecule has 1 aliphatic heterocycles. The van der Waals surface area contributed by atoms with E-state index in [0.29, 0.717) is 23.5 Å². The Morgan fingerprint density at radius 3 is 2.70 bits per heavy atom. The third-order valence-corrected chi connectivity index (χ3v) is 3.06. The van der Waals surface area contributed by atoms with E-state index in [0.717, 1.165) is 0 Å². The molecule has 2 rings (SSSR count). The molecule has 0 unspecified atom stereocenters. The van der Waals surface area contributed by atoms with Crippen molar-refractivity contribution in [2.24, 2.45) is 10.2 Å². The van der Waals surface area contributed by atoms with Crippen molar-refractivity contribution in [3.8, 4) is 0 Å². The van der Waals surface area contributed by atoms with E-state index in [1.165, 1.54) is 17.1 Å². The summed E-state index contributed by atoms with van der Waals surface area (Å²) < 4.78 is 0. The van der Waals surface area contributed by atoms with Crippen LogP contribution in [0.25, 0.3) is 0 Å². The molecule has 0 saturated heterocycles. The molecule has 0 spiro atoms. The van der Waals surface area contributed by atoms with E-state index in [1.807, 2.05) is 0 Å². The van der Waals surface area contributed by atoms with Gasteiger partial charge < -0.3 is 9.80 Å². The summed E-state index contributed by atoms with van der Waals surface area (Å²) in [6.45, 7) is 0.142. The van der Waals surface area contributed by atoms with Crippen molar-refractivity contribution in [2.45, 2.75) is 6.42 Å². The van der Waals surface area contributed by atoms with Crippen LogP contribution < -0.4 is 0 Å². The Morgan fingerprint density at radius 1 is 1.40 bits per heavy atom. The number of hydrogen-bond donors (Lipinski definition) is 0. The fraction of sp³-hybridized carbons (Fsp3) is 0.417. The third kappa shape index (κ3) is 2.58. The van der Waals surface area contributed by atoms with Gasteiger partial charge >= 0.3 is 0 Å². The van der Waals surface area contributed by atoms with Crippen LogP contribution in [0.3, 0.4) is 0 Å². The van der Waals surface area contributed by atoms with Crippen LogP contribution in [0.5, 0.6) is 0 Å². The molecule has 2 aliphatic rings. The highest BCUT2D eigenvalue weighted by Crippen LogP contribution is 2.22. The lowest BCUT2D eigenvalue weighted by Crippen LogP contribution is -2.38. The topological polar surface area (TPSA) is 91.4 Å². The second-order valence-electron chi connectivity index (χ2n) is 4.76. The highest BCUT2D eigenvalue weighted by atomic mass is 16.6. The number of nitrogens with zero attached hydrogens (tertiary/aromatic N) is 5. The van der Waals surface area contributed by atoms with Crippen LogP contribution in [-0.4, -0.2) is 59.9 Å². The van der Waals surface area contributed by atoms with E-state index < -0.39 is 4.92 Å². The molecule has 1 heterocycles. The maximum Gasteiger partial charge on any atom is 0.266 e. The molecule has 0 atom stereocenters. The van der Waals surface area contributed by atoms with E-state index >= 15 is 0 Å². The third-order valence-electron chi connectivity index (χ3n) is 3.06. The fourth-order valence-electron chi connectivity index (χ4n) is 1.88. The molecule has 8 nitrogen and oxygen atoms in total. The van der Waals surface area contributed by atoms with Crippen molar-refractivity contribution in [3.63, 3.8) is 0 Å². The van der Waals surface area contributed by atoms with Gasteiger partial charge in [0.05, 0.1) is 17.2 Å². The van der Waals surface area contributed by atoms with Gasteiger partial charge in [-0.05, 0) is 6.08 Å². The zero-order chi connectivity index (χ0) is 14.9. The summed E-state index contributed by atoms with van der Waals surface area (Å²) in [7, 11) is 5.05. The van der Waals surface area contributed by atoms with E-state index in [4.69, 9.17) is 0 Å². The van der Waals surface area contributed by atoms with Crippen molar-refractivity contribution in [3.05, 3.63) is 33.5 Å². The number of nitro groups is 1. The van der Waals surface area contributed by atoms with Gasteiger partial charge in [-0.1, -0.05) is 0 Å². The van der Waals surface area contributed by atoms with Crippen molar-refractivity contribution >= 4 is 17.5 Å². The summed E-state index contributed by atoms with van der Waals surface area (Å²) in [5.74, 6) is 0.410. The predicted octanol–water partition coefficient (Wildman–Crippen LogP) is 0.265. The Bertz CT molecular complexity index is 586. The van der Waals surface area contributed by atoms with Gasteiger partial charge in [0.2, 0.25) is 5.91 Å². The fourth-order valence-corrected chi connectivity index (χ4v) is 1.88. The minimum Gasteiger partial charge on any atom is -0.348 e. The monoisotopic (exact) mass is 277 g/mol. The minimum absolute atomic E-state index is 0.0286. The average molecular weight is 277 g/mol. The van der Waals surface area contributed by atoms with E-state index in [9.17, 15) is 14.9 Å². The van der Waals surface area contributed by atoms with Crippen LogP contribution in [0.1, 0.15) is 6.42 Å². The average Bonchev–Trinajstić information content (AvgIpc) is 2.80. The first kappa shape index (κ1) is 13.9. The Labute approximate surface area is 115 Å². The van der Waals surface area contributed by atoms with Crippen LogP contribution >= 0.6 is 0 Å². The predicted molar refractivity (Wildman–Crippen MR) is 74.0 cm³/mol. The number of carbonyl (C=O) groups excluding carboxylic acids is 1. The van der Waals surface area contributed by atoms with Crippen LogP contribution in [0, 0.1) is 10.1 Å². The summed E-state index contributed by atoms with van der Waals surface area (Å²) >= 11 is 0. The number of allylic oxidation sites excluding steroid dienone is 2. The van der Waals surface area contributed by atoms with Gasteiger partial charge in [-0.15, -0.1) is 5.10 Å². The highest BCUT2D eigenvalue weighted by Gasteiger charge is 2.29. The molecule has 0 bridgehead atoms. The summed E-state index contributed by atoms with van der Waals surface area (Å²) in [5.41, 5.74) is 1.34. The van der Waals surface area contributed by atoms with Crippen LogP contribution in [0.2, 0.25) is 0 Å². The lowest BCUT2D eigenvalue weighted by atomic mass is 10.00. The van der Waals surface area contributed by atoms with Gasteiger partial charge in [-0.25, -0.2) is 0 Å². The van der Waals surface area contributed by atoms with E-state index in [-0.39, 0.29) is 18.1 Å². The molecule has 1 amide bonds. The minimum atomic E-state index is -0.440. The molecule has 20 heavy (non-hydrogen) atoms. The Balaban J connectivity index is 2.17. The highest BCUT2D eigenvalue weighted by molar-refractivity contribution is 6.27.